The minimum atomic E-state index is 0.922. The van der Waals surface area contributed by atoms with E-state index >= 15 is 0 Å². The van der Waals surface area contributed by atoms with Gasteiger partial charge in [0.25, 0.3) is 0 Å². The molecule has 4 heteroatoms. The second-order valence-corrected chi connectivity index (χ2v) is 5.21. The number of nitrogens with zero attached hydrogens (tertiary/aromatic N) is 1. The fourth-order valence-electron chi connectivity index (χ4n) is 1.42. The van der Waals surface area contributed by atoms with Crippen LogP contribution >= 0.6 is 23.1 Å². The Morgan fingerprint density at radius 1 is 1.44 bits per heavy atom. The van der Waals surface area contributed by atoms with Crippen molar-refractivity contribution >= 4 is 23.1 Å². The van der Waals surface area contributed by atoms with Crippen molar-refractivity contribution in [3.8, 4) is 0 Å². The summed E-state index contributed by atoms with van der Waals surface area (Å²) in [6, 6.07) is 8.63. The molecule has 0 unspecified atom stereocenters. The van der Waals surface area contributed by atoms with E-state index in [0.29, 0.717) is 0 Å². The molecule has 1 aromatic heterocycles. The molecule has 0 spiro atoms. The number of benzene rings is 1. The summed E-state index contributed by atoms with van der Waals surface area (Å²) in [7, 11) is 1.97. The van der Waals surface area contributed by atoms with E-state index in [1.165, 1.54) is 10.5 Å². The molecule has 2 aromatic rings. The molecule has 0 atom stereocenters. The van der Waals surface area contributed by atoms with Crippen molar-refractivity contribution in [2.45, 2.75) is 17.2 Å². The summed E-state index contributed by atoms with van der Waals surface area (Å²) in [5, 5.41) is 5.26. The Labute approximate surface area is 104 Å². The molecule has 0 aliphatic rings. The molecule has 0 bridgehead atoms. The van der Waals surface area contributed by atoms with Gasteiger partial charge in [-0.15, -0.1) is 23.1 Å². The molecule has 0 saturated heterocycles. The van der Waals surface area contributed by atoms with E-state index in [2.05, 4.69) is 39.9 Å². The van der Waals surface area contributed by atoms with Crippen LogP contribution in [0.5, 0.6) is 0 Å². The number of aromatic nitrogens is 1. The molecule has 0 radical (unpaired) electrons. The molecule has 0 aliphatic carbocycles. The Morgan fingerprint density at radius 3 is 3.12 bits per heavy atom. The Hall–Kier alpha value is -0.840. The first-order valence-corrected chi connectivity index (χ1v) is 7.05. The molecule has 1 N–H and O–H groups in total. The number of hydrogen-bond acceptors (Lipinski definition) is 4. The number of rotatable bonds is 5. The second-order valence-electron chi connectivity index (χ2n) is 3.45. The van der Waals surface area contributed by atoms with E-state index in [1.807, 2.05) is 24.3 Å². The topological polar surface area (TPSA) is 24.9 Å². The lowest BCUT2D eigenvalue weighted by Crippen LogP contribution is -2.04. The third-order valence-electron chi connectivity index (χ3n) is 2.15. The summed E-state index contributed by atoms with van der Waals surface area (Å²) in [5.74, 6) is 0.951. The van der Waals surface area contributed by atoms with E-state index < -0.39 is 0 Å². The van der Waals surface area contributed by atoms with Crippen LogP contribution < -0.4 is 5.32 Å². The fraction of sp³-hybridized carbons (Fsp3) is 0.250. The first-order valence-electron chi connectivity index (χ1n) is 5.12. The minimum absolute atomic E-state index is 0.922. The van der Waals surface area contributed by atoms with Crippen molar-refractivity contribution in [2.24, 2.45) is 0 Å². The monoisotopic (exact) mass is 250 g/mol. The van der Waals surface area contributed by atoms with Crippen LogP contribution in [0.25, 0.3) is 0 Å². The lowest BCUT2D eigenvalue weighted by molar-refractivity contribution is 0.815. The van der Waals surface area contributed by atoms with Crippen LogP contribution in [0.15, 0.2) is 40.1 Å². The van der Waals surface area contributed by atoms with Crippen molar-refractivity contribution in [1.82, 2.24) is 10.3 Å². The SMILES string of the molecule is CNCc1cccc(SCc2cscn2)c1. The van der Waals surface area contributed by atoms with Crippen molar-refractivity contribution in [1.29, 1.82) is 0 Å². The molecule has 0 aliphatic heterocycles. The lowest BCUT2D eigenvalue weighted by atomic mass is 10.2. The predicted molar refractivity (Wildman–Crippen MR) is 70.9 cm³/mol. The third-order valence-corrected chi connectivity index (χ3v) is 3.81. The first-order chi connectivity index (χ1) is 7.88. The third kappa shape index (κ3) is 3.33. The number of nitrogens with one attached hydrogen (secondary N) is 1. The van der Waals surface area contributed by atoms with Gasteiger partial charge in [-0.2, -0.15) is 0 Å². The van der Waals surface area contributed by atoms with Crippen LogP contribution in [0.4, 0.5) is 0 Å². The van der Waals surface area contributed by atoms with Crippen LogP contribution in [-0.2, 0) is 12.3 Å². The quantitative estimate of drug-likeness (QED) is 0.825. The van der Waals surface area contributed by atoms with E-state index in [1.54, 1.807) is 11.3 Å². The number of hydrogen-bond donors (Lipinski definition) is 1. The van der Waals surface area contributed by atoms with Gasteiger partial charge in [-0.25, -0.2) is 4.98 Å². The minimum Gasteiger partial charge on any atom is -0.316 e. The van der Waals surface area contributed by atoms with Gasteiger partial charge in [0.2, 0.25) is 0 Å². The van der Waals surface area contributed by atoms with Crippen molar-refractivity contribution in [2.75, 3.05) is 7.05 Å². The smallest absolute Gasteiger partial charge is 0.0795 e. The van der Waals surface area contributed by atoms with Crippen molar-refractivity contribution in [3.05, 3.63) is 46.4 Å². The normalized spacial score (nSPS) is 10.6. The Bertz CT molecular complexity index is 426. The van der Waals surface area contributed by atoms with Gasteiger partial charge in [-0.3, -0.25) is 0 Å². The second kappa shape index (κ2) is 6.03. The predicted octanol–water partition coefficient (Wildman–Crippen LogP) is 3.15. The standard InChI is InChI=1S/C12H14N2S2/c1-13-6-10-3-2-4-12(5-10)16-8-11-7-15-9-14-11/h2-5,7,9,13H,6,8H2,1H3. The fourth-order valence-corrected chi connectivity index (χ4v) is 2.96. The van der Waals surface area contributed by atoms with Gasteiger partial charge >= 0.3 is 0 Å². The first kappa shape index (κ1) is 11.6. The summed E-state index contributed by atoms with van der Waals surface area (Å²) in [4.78, 5) is 5.58. The lowest BCUT2D eigenvalue weighted by Gasteiger charge is -2.03. The van der Waals surface area contributed by atoms with Gasteiger partial charge in [0, 0.05) is 22.6 Å². The maximum absolute atomic E-state index is 4.28. The maximum atomic E-state index is 4.28. The molecule has 0 amide bonds. The molecule has 0 saturated carbocycles. The molecular weight excluding hydrogens is 236 g/mol. The maximum Gasteiger partial charge on any atom is 0.0795 e. The summed E-state index contributed by atoms with van der Waals surface area (Å²) in [6.07, 6.45) is 0. The van der Waals surface area contributed by atoms with Crippen LogP contribution in [0, 0.1) is 0 Å². The summed E-state index contributed by atoms with van der Waals surface area (Å²) >= 11 is 3.49. The van der Waals surface area contributed by atoms with Gasteiger partial charge in [0.05, 0.1) is 11.2 Å². The highest BCUT2D eigenvalue weighted by molar-refractivity contribution is 7.98. The van der Waals surface area contributed by atoms with E-state index in [-0.39, 0.29) is 0 Å². The van der Waals surface area contributed by atoms with Gasteiger partial charge in [-0.05, 0) is 24.7 Å². The zero-order valence-electron chi connectivity index (χ0n) is 9.14. The van der Waals surface area contributed by atoms with Gasteiger partial charge < -0.3 is 5.32 Å². The van der Waals surface area contributed by atoms with E-state index in [0.717, 1.165) is 18.0 Å². The summed E-state index contributed by atoms with van der Waals surface area (Å²) in [6.45, 7) is 0.922. The van der Waals surface area contributed by atoms with Crippen LogP contribution in [0.2, 0.25) is 0 Å². The number of thioether (sulfide) groups is 1. The Balaban J connectivity index is 1.96. The van der Waals surface area contributed by atoms with Crippen LogP contribution in [0.1, 0.15) is 11.3 Å². The summed E-state index contributed by atoms with van der Waals surface area (Å²) in [5.41, 5.74) is 4.37. The molecule has 2 nitrogen and oxygen atoms in total. The van der Waals surface area contributed by atoms with Crippen molar-refractivity contribution < 1.29 is 0 Å². The molecule has 84 valence electrons. The van der Waals surface area contributed by atoms with Crippen molar-refractivity contribution in [3.63, 3.8) is 0 Å². The average Bonchev–Trinajstić information content (AvgIpc) is 2.80. The zero-order chi connectivity index (χ0) is 11.2. The molecule has 0 fully saturated rings. The van der Waals surface area contributed by atoms with Gasteiger partial charge in [0.1, 0.15) is 0 Å². The van der Waals surface area contributed by atoms with Gasteiger partial charge in [0.15, 0.2) is 0 Å². The largest absolute Gasteiger partial charge is 0.316 e. The summed E-state index contributed by atoms with van der Waals surface area (Å²) < 4.78 is 0. The van der Waals surface area contributed by atoms with Crippen LogP contribution in [-0.4, -0.2) is 12.0 Å². The average molecular weight is 250 g/mol. The molecule has 1 aromatic carbocycles. The van der Waals surface area contributed by atoms with E-state index in [9.17, 15) is 0 Å². The molecular formula is C12H14N2S2. The highest BCUT2D eigenvalue weighted by Crippen LogP contribution is 2.23. The highest BCUT2D eigenvalue weighted by Gasteiger charge is 1.99. The zero-order valence-corrected chi connectivity index (χ0v) is 10.8. The van der Waals surface area contributed by atoms with Crippen LogP contribution in [0.3, 0.4) is 0 Å². The molecule has 2 rings (SSSR count). The Kier molecular flexibility index (Phi) is 4.39. The highest BCUT2D eigenvalue weighted by atomic mass is 32.2. The van der Waals surface area contributed by atoms with E-state index in [4.69, 9.17) is 0 Å². The molecule has 16 heavy (non-hydrogen) atoms. The van der Waals surface area contributed by atoms with Gasteiger partial charge in [-0.1, -0.05) is 12.1 Å². The molecule has 1 heterocycles. The number of thiazole rings is 1. The Morgan fingerprint density at radius 2 is 2.38 bits per heavy atom.